The molecule has 74 valence electrons. The zero-order chi connectivity index (χ0) is 7.68. The third kappa shape index (κ3) is 2.54. The minimum absolute atomic E-state index is 0. The Morgan fingerprint density at radius 1 is 1.23 bits per heavy atom. The first-order valence-corrected chi connectivity index (χ1v) is 3.59. The SMILES string of the molecule is Cl.Cl.Nc1cnc2c(c1)NCCN2. The summed E-state index contributed by atoms with van der Waals surface area (Å²) in [6.07, 6.45) is 1.65. The van der Waals surface area contributed by atoms with Gasteiger partial charge in [-0.05, 0) is 6.07 Å². The lowest BCUT2D eigenvalue weighted by atomic mass is 10.3. The van der Waals surface area contributed by atoms with Gasteiger partial charge in [0.2, 0.25) is 0 Å². The molecule has 1 aliphatic heterocycles. The van der Waals surface area contributed by atoms with Crippen LogP contribution in [0.3, 0.4) is 0 Å². The number of nitrogens with zero attached hydrogens (tertiary/aromatic N) is 1. The van der Waals surface area contributed by atoms with Crippen LogP contribution in [-0.2, 0) is 0 Å². The number of halogens is 2. The van der Waals surface area contributed by atoms with Crippen molar-refractivity contribution in [3.8, 4) is 0 Å². The van der Waals surface area contributed by atoms with Crippen LogP contribution in [0, 0.1) is 0 Å². The summed E-state index contributed by atoms with van der Waals surface area (Å²) >= 11 is 0. The van der Waals surface area contributed by atoms with Crippen molar-refractivity contribution in [2.45, 2.75) is 0 Å². The lowest BCUT2D eigenvalue weighted by Gasteiger charge is -2.18. The van der Waals surface area contributed by atoms with Gasteiger partial charge in [0.1, 0.15) is 5.82 Å². The molecule has 0 radical (unpaired) electrons. The van der Waals surface area contributed by atoms with Crippen molar-refractivity contribution in [3.05, 3.63) is 12.3 Å². The van der Waals surface area contributed by atoms with Crippen LogP contribution in [0.1, 0.15) is 0 Å². The Balaban J connectivity index is 0.000000720. The normalized spacial score (nSPS) is 12.3. The summed E-state index contributed by atoms with van der Waals surface area (Å²) in [5.41, 5.74) is 7.24. The quantitative estimate of drug-likeness (QED) is 0.621. The molecule has 0 saturated heterocycles. The van der Waals surface area contributed by atoms with Gasteiger partial charge in [-0.15, -0.1) is 24.8 Å². The number of hydrogen-bond acceptors (Lipinski definition) is 4. The van der Waals surface area contributed by atoms with E-state index in [4.69, 9.17) is 5.73 Å². The highest BCUT2D eigenvalue weighted by Crippen LogP contribution is 2.22. The summed E-state index contributed by atoms with van der Waals surface area (Å²) in [5.74, 6) is 0.894. The van der Waals surface area contributed by atoms with E-state index in [1.807, 2.05) is 6.07 Å². The highest BCUT2D eigenvalue weighted by molar-refractivity contribution is 5.85. The maximum atomic E-state index is 5.55. The first kappa shape index (κ1) is 12.1. The number of nitrogens with two attached hydrogens (primary N) is 1. The fourth-order valence-corrected chi connectivity index (χ4v) is 1.13. The molecule has 1 aliphatic rings. The second-order valence-corrected chi connectivity index (χ2v) is 2.52. The molecule has 0 atom stereocenters. The van der Waals surface area contributed by atoms with Crippen molar-refractivity contribution in [2.24, 2.45) is 0 Å². The average Bonchev–Trinajstić information content (AvgIpc) is 2.04. The lowest BCUT2D eigenvalue weighted by molar-refractivity contribution is 1.02. The highest BCUT2D eigenvalue weighted by Gasteiger charge is 2.07. The van der Waals surface area contributed by atoms with Crippen molar-refractivity contribution in [1.82, 2.24) is 4.98 Å². The molecule has 0 aromatic carbocycles. The molecule has 13 heavy (non-hydrogen) atoms. The fraction of sp³-hybridized carbons (Fsp3) is 0.286. The predicted molar refractivity (Wildman–Crippen MR) is 60.1 cm³/mol. The molecule has 0 fully saturated rings. The number of anilines is 3. The van der Waals surface area contributed by atoms with Gasteiger partial charge >= 0.3 is 0 Å². The van der Waals surface area contributed by atoms with E-state index in [9.17, 15) is 0 Å². The molecule has 2 heterocycles. The molecule has 6 heteroatoms. The molecule has 0 amide bonds. The zero-order valence-electron chi connectivity index (χ0n) is 6.91. The van der Waals surface area contributed by atoms with Crippen molar-refractivity contribution >= 4 is 42.0 Å². The Hall–Kier alpha value is -0.870. The molecule has 0 bridgehead atoms. The first-order valence-electron chi connectivity index (χ1n) is 3.59. The minimum atomic E-state index is 0. The fourth-order valence-electron chi connectivity index (χ4n) is 1.13. The van der Waals surface area contributed by atoms with Crippen molar-refractivity contribution in [3.63, 3.8) is 0 Å². The average molecular weight is 223 g/mol. The summed E-state index contributed by atoms with van der Waals surface area (Å²) < 4.78 is 0. The molecule has 4 N–H and O–H groups in total. The van der Waals surface area contributed by atoms with Crippen LogP contribution in [0.2, 0.25) is 0 Å². The van der Waals surface area contributed by atoms with Gasteiger partial charge < -0.3 is 16.4 Å². The van der Waals surface area contributed by atoms with Gasteiger partial charge in [-0.2, -0.15) is 0 Å². The Morgan fingerprint density at radius 3 is 2.69 bits per heavy atom. The van der Waals surface area contributed by atoms with E-state index in [1.54, 1.807) is 6.20 Å². The molecular weight excluding hydrogens is 211 g/mol. The Bertz CT molecular complexity index is 279. The summed E-state index contributed by atoms with van der Waals surface area (Å²) in [4.78, 5) is 4.12. The molecule has 0 spiro atoms. The molecule has 0 unspecified atom stereocenters. The maximum Gasteiger partial charge on any atom is 0.149 e. The summed E-state index contributed by atoms with van der Waals surface area (Å²) in [7, 11) is 0. The molecule has 1 aromatic heterocycles. The zero-order valence-corrected chi connectivity index (χ0v) is 8.54. The number of nitrogens with one attached hydrogen (secondary N) is 2. The van der Waals surface area contributed by atoms with Crippen molar-refractivity contribution in [2.75, 3.05) is 29.5 Å². The molecular formula is C7H12Cl2N4. The van der Waals surface area contributed by atoms with Crippen molar-refractivity contribution in [1.29, 1.82) is 0 Å². The minimum Gasteiger partial charge on any atom is -0.397 e. The lowest BCUT2D eigenvalue weighted by Crippen LogP contribution is -2.21. The first-order chi connectivity index (χ1) is 5.36. The summed E-state index contributed by atoms with van der Waals surface area (Å²) in [6.45, 7) is 1.85. The molecule has 0 saturated carbocycles. The largest absolute Gasteiger partial charge is 0.397 e. The second-order valence-electron chi connectivity index (χ2n) is 2.52. The van der Waals surface area contributed by atoms with E-state index >= 15 is 0 Å². The second kappa shape index (κ2) is 4.99. The van der Waals surface area contributed by atoms with Gasteiger partial charge in [0, 0.05) is 13.1 Å². The van der Waals surface area contributed by atoms with Gasteiger partial charge in [-0.3, -0.25) is 0 Å². The molecule has 4 nitrogen and oxygen atoms in total. The molecule has 1 aromatic rings. The topological polar surface area (TPSA) is 63.0 Å². The van der Waals surface area contributed by atoms with E-state index < -0.39 is 0 Å². The van der Waals surface area contributed by atoms with Crippen LogP contribution in [0.25, 0.3) is 0 Å². The van der Waals surface area contributed by atoms with E-state index in [-0.39, 0.29) is 24.8 Å². The van der Waals surface area contributed by atoms with E-state index in [2.05, 4.69) is 15.6 Å². The van der Waals surface area contributed by atoms with E-state index in [0.717, 1.165) is 24.6 Å². The molecule has 0 aliphatic carbocycles. The van der Waals surface area contributed by atoms with Gasteiger partial charge in [-0.1, -0.05) is 0 Å². The van der Waals surface area contributed by atoms with Crippen LogP contribution >= 0.6 is 24.8 Å². The highest BCUT2D eigenvalue weighted by atomic mass is 35.5. The number of fused-ring (bicyclic) bond motifs is 1. The van der Waals surface area contributed by atoms with Gasteiger partial charge in [0.15, 0.2) is 0 Å². The Labute approximate surface area is 89.1 Å². The monoisotopic (exact) mass is 222 g/mol. The van der Waals surface area contributed by atoms with Crippen LogP contribution in [0.15, 0.2) is 12.3 Å². The van der Waals surface area contributed by atoms with Crippen LogP contribution in [0.5, 0.6) is 0 Å². The standard InChI is InChI=1S/C7H10N4.2ClH/c8-5-3-6-7(11-4-5)10-2-1-9-6;;/h3-4,9H,1-2,8H2,(H,10,11);2*1H. The van der Waals surface area contributed by atoms with Crippen LogP contribution in [0.4, 0.5) is 17.2 Å². The van der Waals surface area contributed by atoms with Crippen LogP contribution in [-0.4, -0.2) is 18.1 Å². The predicted octanol–water partition coefficient (Wildman–Crippen LogP) is 1.34. The number of hydrogen-bond donors (Lipinski definition) is 3. The number of aromatic nitrogens is 1. The third-order valence-electron chi connectivity index (χ3n) is 1.64. The van der Waals surface area contributed by atoms with Gasteiger partial charge in [-0.25, -0.2) is 4.98 Å². The van der Waals surface area contributed by atoms with Crippen molar-refractivity contribution < 1.29 is 0 Å². The summed E-state index contributed by atoms with van der Waals surface area (Å²) in [5, 5.41) is 6.36. The smallest absolute Gasteiger partial charge is 0.149 e. The number of rotatable bonds is 0. The Kier molecular flexibility index (Phi) is 4.66. The van der Waals surface area contributed by atoms with Gasteiger partial charge in [0.25, 0.3) is 0 Å². The summed E-state index contributed by atoms with van der Waals surface area (Å²) in [6, 6.07) is 1.88. The number of nitrogen functional groups attached to an aromatic ring is 1. The molecule has 2 rings (SSSR count). The third-order valence-corrected chi connectivity index (χ3v) is 1.64. The number of pyridine rings is 1. The van der Waals surface area contributed by atoms with Gasteiger partial charge in [0.05, 0.1) is 17.6 Å². The Morgan fingerprint density at radius 2 is 1.92 bits per heavy atom. The van der Waals surface area contributed by atoms with Crippen LogP contribution < -0.4 is 16.4 Å². The maximum absolute atomic E-state index is 5.55. The van der Waals surface area contributed by atoms with E-state index in [1.165, 1.54) is 0 Å². The van der Waals surface area contributed by atoms with E-state index in [0.29, 0.717) is 5.69 Å².